The molecule has 0 fully saturated rings. The molecule has 0 N–H and O–H groups in total. The Balaban J connectivity index is 1.18. The van der Waals surface area contributed by atoms with Crippen molar-refractivity contribution >= 4 is 44.9 Å². The van der Waals surface area contributed by atoms with Crippen LogP contribution < -0.4 is 4.90 Å². The van der Waals surface area contributed by atoms with Gasteiger partial charge in [-0.1, -0.05) is 133 Å². The van der Waals surface area contributed by atoms with Gasteiger partial charge in [-0.2, -0.15) is 0 Å². The first-order chi connectivity index (χ1) is 26.8. The summed E-state index contributed by atoms with van der Waals surface area (Å²) in [5.41, 5.74) is 17.2. The number of hydrogen-bond donors (Lipinski definition) is 0. The van der Waals surface area contributed by atoms with Crippen molar-refractivity contribution in [3.05, 3.63) is 187 Å². The third-order valence-corrected chi connectivity index (χ3v) is 11.0. The third-order valence-electron chi connectivity index (χ3n) is 11.0. The summed E-state index contributed by atoms with van der Waals surface area (Å²) < 4.78 is 2.45. The van der Waals surface area contributed by atoms with E-state index in [9.17, 15) is 0 Å². The van der Waals surface area contributed by atoms with E-state index in [0.717, 1.165) is 69.1 Å². The molecule has 3 heterocycles. The van der Waals surface area contributed by atoms with E-state index in [-0.39, 0.29) is 0 Å². The summed E-state index contributed by atoms with van der Waals surface area (Å²) in [5.74, 6) is 0.762. The van der Waals surface area contributed by atoms with Crippen molar-refractivity contribution in [3.8, 4) is 50.7 Å². The maximum absolute atomic E-state index is 5.31. The second-order valence-electron chi connectivity index (χ2n) is 14.0. The Kier molecular flexibility index (Phi) is 6.96. The SMILES string of the molecule is C1=Cc2c(N3c4ccccc4-c4c(n(-c5ccccc5)c5ccccc45)-c4ccccc43)ccc(-c3nc(-c4ccccc4)c4ccccc4n3)c2CC1. The molecule has 4 nitrogen and oxygen atoms in total. The largest absolute Gasteiger partial charge is 0.309 e. The highest BCUT2D eigenvalue weighted by atomic mass is 15.2. The number of aromatic nitrogens is 3. The minimum Gasteiger partial charge on any atom is -0.309 e. The van der Waals surface area contributed by atoms with Gasteiger partial charge in [0.1, 0.15) is 0 Å². The van der Waals surface area contributed by atoms with Crippen LogP contribution in [0, 0.1) is 0 Å². The molecule has 54 heavy (non-hydrogen) atoms. The fourth-order valence-corrected chi connectivity index (χ4v) is 8.71. The summed E-state index contributed by atoms with van der Waals surface area (Å²) in [6, 6.07) is 60.8. The molecule has 1 aliphatic heterocycles. The van der Waals surface area contributed by atoms with Gasteiger partial charge in [-0.3, -0.25) is 0 Å². The average Bonchev–Trinajstić information content (AvgIpc) is 3.53. The molecule has 0 bridgehead atoms. The van der Waals surface area contributed by atoms with Crippen molar-refractivity contribution in [1.29, 1.82) is 0 Å². The Hall–Kier alpha value is -7.04. The van der Waals surface area contributed by atoms with Gasteiger partial charge in [0.05, 0.1) is 39.5 Å². The number of anilines is 3. The molecule has 0 atom stereocenters. The minimum absolute atomic E-state index is 0.762. The van der Waals surface area contributed by atoms with Gasteiger partial charge in [0.2, 0.25) is 0 Å². The Morgan fingerprint density at radius 2 is 1.17 bits per heavy atom. The van der Waals surface area contributed by atoms with Crippen molar-refractivity contribution in [2.45, 2.75) is 12.8 Å². The van der Waals surface area contributed by atoms with Crippen molar-refractivity contribution in [1.82, 2.24) is 14.5 Å². The van der Waals surface area contributed by atoms with Crippen LogP contribution in [0.15, 0.2) is 176 Å². The first-order valence-corrected chi connectivity index (χ1v) is 18.7. The molecule has 11 rings (SSSR count). The number of nitrogens with zero attached hydrogens (tertiary/aromatic N) is 4. The number of allylic oxidation sites excluding steroid dienone is 1. The smallest absolute Gasteiger partial charge is 0.160 e. The zero-order chi connectivity index (χ0) is 35.6. The maximum Gasteiger partial charge on any atom is 0.160 e. The normalized spacial score (nSPS) is 12.9. The lowest BCUT2D eigenvalue weighted by atomic mass is 9.89. The molecule has 7 aromatic carbocycles. The summed E-state index contributed by atoms with van der Waals surface area (Å²) in [6.07, 6.45) is 6.51. The van der Waals surface area contributed by atoms with Gasteiger partial charge >= 0.3 is 0 Å². The molecule has 0 unspecified atom stereocenters. The number of para-hydroxylation sites is 5. The molecule has 9 aromatic rings. The predicted octanol–water partition coefficient (Wildman–Crippen LogP) is 13.0. The lowest BCUT2D eigenvalue weighted by molar-refractivity contribution is 0.981. The molecule has 0 saturated heterocycles. The van der Waals surface area contributed by atoms with Crippen LogP contribution in [0.5, 0.6) is 0 Å². The standard InChI is InChI=1S/C50H34N4/c1-3-17-33(18-4-1)48-38-23-9-13-27-42(38)51-50(52-48)37-31-32-46(36-22-8-7-21-35(36)37)54-44-29-15-11-25-40(44)47-39-24-10-14-28-43(39)53(34-19-5-2-6-20-34)49(47)41-26-12-16-30-45(41)54/h1-6,8-20,22-32H,7,21H2. The van der Waals surface area contributed by atoms with Crippen molar-refractivity contribution in [2.75, 3.05) is 4.90 Å². The van der Waals surface area contributed by atoms with Crippen LogP contribution in [0.3, 0.4) is 0 Å². The third kappa shape index (κ3) is 4.63. The summed E-state index contributed by atoms with van der Waals surface area (Å²) in [7, 11) is 0. The summed E-state index contributed by atoms with van der Waals surface area (Å²) in [6.45, 7) is 0. The second kappa shape index (κ2) is 12.3. The molecule has 2 aromatic heterocycles. The number of hydrogen-bond acceptors (Lipinski definition) is 3. The summed E-state index contributed by atoms with van der Waals surface area (Å²) in [4.78, 5) is 13.0. The lowest BCUT2D eigenvalue weighted by Gasteiger charge is -2.31. The van der Waals surface area contributed by atoms with E-state index in [0.29, 0.717) is 0 Å². The van der Waals surface area contributed by atoms with E-state index in [4.69, 9.17) is 9.97 Å². The summed E-state index contributed by atoms with van der Waals surface area (Å²) in [5, 5.41) is 2.29. The molecule has 0 amide bonds. The first kappa shape index (κ1) is 30.6. The van der Waals surface area contributed by atoms with Crippen LogP contribution >= 0.6 is 0 Å². The van der Waals surface area contributed by atoms with Crippen molar-refractivity contribution < 1.29 is 0 Å². The van der Waals surface area contributed by atoms with Crippen LogP contribution in [0.2, 0.25) is 0 Å². The zero-order valence-corrected chi connectivity index (χ0v) is 29.5. The predicted molar refractivity (Wildman–Crippen MR) is 224 cm³/mol. The maximum atomic E-state index is 5.31. The molecule has 4 heteroatoms. The highest BCUT2D eigenvalue weighted by molar-refractivity contribution is 6.13. The molecular weight excluding hydrogens is 657 g/mol. The topological polar surface area (TPSA) is 34.0 Å². The van der Waals surface area contributed by atoms with Gasteiger partial charge in [-0.15, -0.1) is 0 Å². The van der Waals surface area contributed by atoms with E-state index in [1.54, 1.807) is 0 Å². The van der Waals surface area contributed by atoms with Crippen molar-refractivity contribution in [3.63, 3.8) is 0 Å². The molecule has 0 spiro atoms. The van der Waals surface area contributed by atoms with E-state index < -0.39 is 0 Å². The van der Waals surface area contributed by atoms with Crippen LogP contribution in [-0.4, -0.2) is 14.5 Å². The molecule has 254 valence electrons. The van der Waals surface area contributed by atoms with Crippen LogP contribution in [-0.2, 0) is 6.42 Å². The van der Waals surface area contributed by atoms with Gasteiger partial charge in [0.15, 0.2) is 5.82 Å². The number of rotatable bonds is 4. The average molecular weight is 691 g/mol. The molecule has 0 saturated carbocycles. The van der Waals surface area contributed by atoms with Gasteiger partial charge < -0.3 is 9.47 Å². The highest BCUT2D eigenvalue weighted by Gasteiger charge is 2.32. The number of benzene rings is 7. The van der Waals surface area contributed by atoms with Crippen LogP contribution in [0.1, 0.15) is 17.5 Å². The van der Waals surface area contributed by atoms with E-state index in [2.05, 4.69) is 191 Å². The molecule has 0 radical (unpaired) electrons. The Morgan fingerprint density at radius 3 is 2.00 bits per heavy atom. The number of fused-ring (bicyclic) bond motifs is 9. The lowest BCUT2D eigenvalue weighted by Crippen LogP contribution is -2.15. The van der Waals surface area contributed by atoms with E-state index >= 15 is 0 Å². The van der Waals surface area contributed by atoms with Crippen molar-refractivity contribution in [2.24, 2.45) is 0 Å². The highest BCUT2D eigenvalue weighted by Crippen LogP contribution is 2.55. The quantitative estimate of drug-likeness (QED) is 0.184. The van der Waals surface area contributed by atoms with E-state index in [1.165, 1.54) is 44.4 Å². The monoisotopic (exact) mass is 690 g/mol. The second-order valence-corrected chi connectivity index (χ2v) is 14.0. The Labute approximate surface area is 314 Å². The van der Waals surface area contributed by atoms with Gasteiger partial charge in [-0.05, 0) is 66.9 Å². The fraction of sp³-hybridized carbons (Fsp3) is 0.0400. The molecule has 2 aliphatic rings. The Morgan fingerprint density at radius 1 is 0.500 bits per heavy atom. The first-order valence-electron chi connectivity index (χ1n) is 18.7. The Bertz CT molecular complexity index is 2940. The van der Waals surface area contributed by atoms with Gasteiger partial charge in [0, 0.05) is 49.8 Å². The van der Waals surface area contributed by atoms with Crippen LogP contribution in [0.4, 0.5) is 17.1 Å². The van der Waals surface area contributed by atoms with E-state index in [1.807, 2.05) is 0 Å². The zero-order valence-electron chi connectivity index (χ0n) is 29.5. The van der Waals surface area contributed by atoms with Crippen LogP contribution in [0.25, 0.3) is 78.6 Å². The molecule has 1 aliphatic carbocycles. The fourth-order valence-electron chi connectivity index (χ4n) is 8.71. The minimum atomic E-state index is 0.762. The summed E-state index contributed by atoms with van der Waals surface area (Å²) >= 11 is 0. The molecular formula is C50H34N4. The van der Waals surface area contributed by atoms with Gasteiger partial charge in [-0.25, -0.2) is 9.97 Å². The van der Waals surface area contributed by atoms with Gasteiger partial charge in [0.25, 0.3) is 0 Å².